The molecule has 220 valence electrons. The number of methoxy groups -OCH3 is 2. The molecule has 0 unspecified atom stereocenters. The smallest absolute Gasteiger partial charge is 0.336 e. The third kappa shape index (κ3) is 6.20. The van der Waals surface area contributed by atoms with Gasteiger partial charge in [0.25, 0.3) is 0 Å². The number of hydrogen-bond donors (Lipinski definition) is 1. The lowest BCUT2D eigenvalue weighted by molar-refractivity contribution is 0.0699. The molecule has 3 aromatic carbocycles. The number of ether oxygens (including phenoxy) is 3. The Morgan fingerprint density at radius 3 is 2.12 bits per heavy atom. The fourth-order valence-corrected chi connectivity index (χ4v) is 5.17. The number of fused-ring (bicyclic) bond motifs is 1. The molecule has 2 heterocycles. The van der Waals surface area contributed by atoms with E-state index in [-0.39, 0.29) is 5.56 Å². The van der Waals surface area contributed by atoms with Crippen LogP contribution in [0.25, 0.3) is 23.2 Å². The van der Waals surface area contributed by atoms with Gasteiger partial charge in [0.1, 0.15) is 23.0 Å². The van der Waals surface area contributed by atoms with E-state index in [1.54, 1.807) is 38.0 Å². The van der Waals surface area contributed by atoms with Gasteiger partial charge < -0.3 is 19.3 Å². The maximum atomic E-state index is 12.3. The highest BCUT2D eigenvalue weighted by molar-refractivity contribution is 6.32. The van der Waals surface area contributed by atoms with Crippen LogP contribution in [-0.2, 0) is 6.54 Å². The largest absolute Gasteiger partial charge is 0.496 e. The van der Waals surface area contributed by atoms with Crippen LogP contribution in [-0.4, -0.2) is 40.1 Å². The second-order valence-corrected chi connectivity index (χ2v) is 10.7. The van der Waals surface area contributed by atoms with Gasteiger partial charge >= 0.3 is 5.97 Å². The Kier molecular flexibility index (Phi) is 8.41. The lowest BCUT2D eigenvalue weighted by atomic mass is 10.1. The number of carboxylic acids is 1. The number of aromatic nitrogens is 3. The topological polar surface area (TPSA) is 95.7 Å². The first-order valence-corrected chi connectivity index (χ1v) is 14.0. The van der Waals surface area contributed by atoms with Crippen LogP contribution in [0.5, 0.6) is 23.0 Å². The van der Waals surface area contributed by atoms with Gasteiger partial charge in [-0.2, -0.15) is 5.10 Å². The number of carbonyl (C=O) groups is 1. The summed E-state index contributed by atoms with van der Waals surface area (Å²) in [5, 5.41) is 15.9. The summed E-state index contributed by atoms with van der Waals surface area (Å²) in [6.07, 6.45) is 3.62. The van der Waals surface area contributed by atoms with E-state index in [1.165, 1.54) is 0 Å². The van der Waals surface area contributed by atoms with E-state index in [2.05, 4.69) is 5.10 Å². The molecule has 0 aliphatic carbocycles. The molecule has 0 bridgehead atoms. The van der Waals surface area contributed by atoms with Crippen molar-refractivity contribution in [3.8, 4) is 23.0 Å². The number of hydrogen-bond acceptors (Lipinski definition) is 6. The number of carboxylic acid groups (broad SMARTS) is 1. The summed E-state index contributed by atoms with van der Waals surface area (Å²) in [6, 6.07) is 16.8. The van der Waals surface area contributed by atoms with Crippen LogP contribution in [0.4, 0.5) is 0 Å². The lowest BCUT2D eigenvalue weighted by Gasteiger charge is -2.11. The van der Waals surface area contributed by atoms with Gasteiger partial charge in [-0.15, -0.1) is 0 Å². The highest BCUT2D eigenvalue weighted by Crippen LogP contribution is 2.32. The number of benzene rings is 3. The SMILES string of the molecule is COc1cc(/C=C/c2cc(C(=O)O)c3c(C)nn(Cc4ccc(Oc5cc(C)c(Cl)c(C)c5)cc4)c3n2)cc(OC)c1C. The third-order valence-corrected chi connectivity index (χ3v) is 7.85. The molecule has 0 atom stereocenters. The molecule has 8 nitrogen and oxygen atoms in total. The maximum Gasteiger partial charge on any atom is 0.336 e. The van der Waals surface area contributed by atoms with Crippen LogP contribution in [0.3, 0.4) is 0 Å². The van der Waals surface area contributed by atoms with E-state index in [1.807, 2.05) is 75.4 Å². The molecule has 5 rings (SSSR count). The Labute approximate surface area is 255 Å². The van der Waals surface area contributed by atoms with E-state index in [9.17, 15) is 9.90 Å². The Morgan fingerprint density at radius 1 is 0.907 bits per heavy atom. The number of aryl methyl sites for hydroxylation is 3. The summed E-state index contributed by atoms with van der Waals surface area (Å²) in [4.78, 5) is 17.1. The zero-order valence-electron chi connectivity index (χ0n) is 24.9. The molecule has 0 amide bonds. The summed E-state index contributed by atoms with van der Waals surface area (Å²) in [5.41, 5.74) is 6.30. The van der Waals surface area contributed by atoms with Crippen molar-refractivity contribution in [1.29, 1.82) is 0 Å². The maximum absolute atomic E-state index is 12.3. The van der Waals surface area contributed by atoms with Gasteiger partial charge in [-0.3, -0.25) is 0 Å². The Bertz CT molecular complexity index is 1830. The van der Waals surface area contributed by atoms with Gasteiger partial charge in [0, 0.05) is 10.6 Å². The van der Waals surface area contributed by atoms with Crippen LogP contribution < -0.4 is 14.2 Å². The number of aromatic carboxylic acids is 1. The number of pyridine rings is 1. The summed E-state index contributed by atoms with van der Waals surface area (Å²) >= 11 is 6.29. The number of halogens is 1. The molecular weight excluding hydrogens is 566 g/mol. The molecule has 0 spiro atoms. The van der Waals surface area contributed by atoms with Gasteiger partial charge in [-0.25, -0.2) is 14.5 Å². The number of nitrogens with zero attached hydrogens (tertiary/aromatic N) is 3. The van der Waals surface area contributed by atoms with Crippen molar-refractivity contribution in [2.45, 2.75) is 34.2 Å². The summed E-state index contributed by atoms with van der Waals surface area (Å²) in [5.74, 6) is 1.75. The number of rotatable bonds is 9. The minimum absolute atomic E-state index is 0.143. The van der Waals surface area contributed by atoms with E-state index >= 15 is 0 Å². The van der Waals surface area contributed by atoms with Crippen molar-refractivity contribution < 1.29 is 24.1 Å². The normalized spacial score (nSPS) is 11.3. The van der Waals surface area contributed by atoms with Gasteiger partial charge in [-0.05, 0) is 98.5 Å². The molecule has 0 saturated carbocycles. The minimum atomic E-state index is -1.04. The molecule has 43 heavy (non-hydrogen) atoms. The Morgan fingerprint density at radius 2 is 1.53 bits per heavy atom. The first-order valence-electron chi connectivity index (χ1n) is 13.6. The average molecular weight is 598 g/mol. The highest BCUT2D eigenvalue weighted by atomic mass is 35.5. The molecule has 0 aliphatic rings. The molecule has 1 N–H and O–H groups in total. The zero-order chi connectivity index (χ0) is 30.8. The van der Waals surface area contributed by atoms with Crippen molar-refractivity contribution >= 4 is 40.8 Å². The molecular formula is C34H32ClN3O5. The van der Waals surface area contributed by atoms with Crippen molar-refractivity contribution in [3.05, 3.63) is 104 Å². The second-order valence-electron chi connectivity index (χ2n) is 10.3. The van der Waals surface area contributed by atoms with Crippen LogP contribution in [0.2, 0.25) is 5.02 Å². The van der Waals surface area contributed by atoms with Crippen LogP contribution >= 0.6 is 11.6 Å². The molecule has 0 fully saturated rings. The fraction of sp³-hybridized carbons (Fsp3) is 0.206. The van der Waals surface area contributed by atoms with Crippen LogP contribution in [0.1, 0.15) is 49.6 Å². The summed E-state index contributed by atoms with van der Waals surface area (Å²) in [6.45, 7) is 8.01. The fourth-order valence-electron chi connectivity index (χ4n) is 5.06. The molecule has 2 aromatic heterocycles. The van der Waals surface area contributed by atoms with Crippen LogP contribution in [0, 0.1) is 27.7 Å². The molecule has 9 heteroatoms. The molecule has 0 saturated heterocycles. The summed E-state index contributed by atoms with van der Waals surface area (Å²) in [7, 11) is 3.21. The standard InChI is InChI=1S/C34H32ClN3O5/c1-19-13-27(14-20(2)32(19)35)43-26-11-8-23(9-12-26)18-38-33-31(22(4)37-38)28(34(39)40)17-25(36-33)10-7-24-15-29(41-5)21(3)30(16-24)42-6/h7-17H,18H2,1-6H3,(H,39,40)/b10-7+. The quantitative estimate of drug-likeness (QED) is 0.184. The lowest BCUT2D eigenvalue weighted by Crippen LogP contribution is -2.05. The van der Waals surface area contributed by atoms with E-state index in [4.69, 9.17) is 30.8 Å². The summed E-state index contributed by atoms with van der Waals surface area (Å²) < 4.78 is 18.7. The molecule has 5 aromatic rings. The van der Waals surface area contributed by atoms with E-state index in [0.717, 1.165) is 32.8 Å². The van der Waals surface area contributed by atoms with Crippen LogP contribution in [0.15, 0.2) is 54.6 Å². The highest BCUT2D eigenvalue weighted by Gasteiger charge is 2.19. The van der Waals surface area contributed by atoms with Gasteiger partial charge in [0.05, 0.1) is 43.1 Å². The van der Waals surface area contributed by atoms with Gasteiger partial charge in [0.2, 0.25) is 0 Å². The van der Waals surface area contributed by atoms with Crippen molar-refractivity contribution in [2.75, 3.05) is 14.2 Å². The Hall–Kier alpha value is -4.82. The molecule has 0 aliphatic heterocycles. The average Bonchev–Trinajstić information content (AvgIpc) is 3.30. The Balaban J connectivity index is 1.45. The van der Waals surface area contributed by atoms with Crippen molar-refractivity contribution in [1.82, 2.24) is 14.8 Å². The first kappa shape index (κ1) is 29.7. The molecule has 0 radical (unpaired) electrons. The van der Waals surface area contributed by atoms with E-state index < -0.39 is 5.97 Å². The predicted octanol–water partition coefficient (Wildman–Crippen LogP) is 8.04. The van der Waals surface area contributed by atoms with Gasteiger partial charge in [0.15, 0.2) is 5.65 Å². The van der Waals surface area contributed by atoms with E-state index in [0.29, 0.717) is 52.0 Å². The monoisotopic (exact) mass is 597 g/mol. The van der Waals surface area contributed by atoms with Crippen molar-refractivity contribution in [2.24, 2.45) is 0 Å². The minimum Gasteiger partial charge on any atom is -0.496 e. The third-order valence-electron chi connectivity index (χ3n) is 7.25. The predicted molar refractivity (Wildman–Crippen MR) is 169 cm³/mol. The van der Waals surface area contributed by atoms with Gasteiger partial charge in [-0.1, -0.05) is 29.8 Å². The second kappa shape index (κ2) is 12.2. The first-order chi connectivity index (χ1) is 20.6. The zero-order valence-corrected chi connectivity index (χ0v) is 25.6. The van der Waals surface area contributed by atoms with Crippen molar-refractivity contribution in [3.63, 3.8) is 0 Å².